The SMILES string of the molecule is CC1=C(/C=C/C(C)OC(=O)CC(C)C)C(C)(C)CCC1=O. The van der Waals surface area contributed by atoms with E-state index in [4.69, 9.17) is 4.74 Å². The molecule has 1 rings (SSSR count). The van der Waals surface area contributed by atoms with E-state index in [0.717, 1.165) is 17.6 Å². The minimum absolute atomic E-state index is 0.00381. The molecular weight excluding hydrogens is 264 g/mol. The molecule has 1 atom stereocenters. The van der Waals surface area contributed by atoms with Crippen molar-refractivity contribution in [1.82, 2.24) is 0 Å². The van der Waals surface area contributed by atoms with Gasteiger partial charge in [0.15, 0.2) is 5.78 Å². The van der Waals surface area contributed by atoms with Gasteiger partial charge in [-0.15, -0.1) is 0 Å². The van der Waals surface area contributed by atoms with Crippen LogP contribution in [0.1, 0.15) is 60.8 Å². The number of carbonyl (C=O) groups is 2. The summed E-state index contributed by atoms with van der Waals surface area (Å²) in [6.45, 7) is 12.0. The van der Waals surface area contributed by atoms with E-state index >= 15 is 0 Å². The molecule has 21 heavy (non-hydrogen) atoms. The van der Waals surface area contributed by atoms with Crippen LogP contribution < -0.4 is 0 Å². The Hall–Kier alpha value is -1.38. The molecule has 0 radical (unpaired) electrons. The molecule has 0 aromatic rings. The van der Waals surface area contributed by atoms with Gasteiger partial charge in [0.2, 0.25) is 0 Å². The number of Topliss-reactive ketones (excluding diaryl/α,β-unsaturated/α-hetero) is 1. The molecule has 0 heterocycles. The van der Waals surface area contributed by atoms with E-state index in [2.05, 4.69) is 13.8 Å². The van der Waals surface area contributed by atoms with E-state index in [0.29, 0.717) is 18.8 Å². The zero-order valence-electron chi connectivity index (χ0n) is 14.2. The van der Waals surface area contributed by atoms with Crippen LogP contribution in [0.2, 0.25) is 0 Å². The average Bonchev–Trinajstić information content (AvgIpc) is 2.32. The van der Waals surface area contributed by atoms with Crippen LogP contribution in [0.3, 0.4) is 0 Å². The molecule has 0 saturated carbocycles. The number of carbonyl (C=O) groups excluding carboxylic acids is 2. The fraction of sp³-hybridized carbons (Fsp3) is 0.667. The molecule has 1 aliphatic rings. The first kappa shape index (κ1) is 17.7. The predicted molar refractivity (Wildman–Crippen MR) is 84.9 cm³/mol. The number of esters is 1. The smallest absolute Gasteiger partial charge is 0.306 e. The summed E-state index contributed by atoms with van der Waals surface area (Å²) in [5.74, 6) is 0.346. The van der Waals surface area contributed by atoms with E-state index in [1.54, 1.807) is 0 Å². The highest BCUT2D eigenvalue weighted by Crippen LogP contribution is 2.39. The molecule has 1 unspecified atom stereocenters. The van der Waals surface area contributed by atoms with Crippen molar-refractivity contribution in [3.8, 4) is 0 Å². The van der Waals surface area contributed by atoms with Crippen LogP contribution >= 0.6 is 0 Å². The summed E-state index contributed by atoms with van der Waals surface area (Å²) in [7, 11) is 0. The Morgan fingerprint density at radius 1 is 1.33 bits per heavy atom. The van der Waals surface area contributed by atoms with Gasteiger partial charge in [-0.05, 0) is 48.8 Å². The van der Waals surface area contributed by atoms with Crippen LogP contribution in [-0.4, -0.2) is 17.9 Å². The largest absolute Gasteiger partial charge is 0.458 e. The quantitative estimate of drug-likeness (QED) is 0.712. The topological polar surface area (TPSA) is 43.4 Å². The third-order valence-corrected chi connectivity index (χ3v) is 3.95. The summed E-state index contributed by atoms with van der Waals surface area (Å²) in [6.07, 6.45) is 5.48. The number of allylic oxidation sites excluding steroid dienone is 3. The molecule has 0 aromatic carbocycles. The molecule has 0 spiro atoms. The maximum absolute atomic E-state index is 11.9. The first-order valence-corrected chi connectivity index (χ1v) is 7.75. The number of hydrogen-bond acceptors (Lipinski definition) is 3. The fourth-order valence-corrected chi connectivity index (χ4v) is 2.62. The van der Waals surface area contributed by atoms with Gasteiger partial charge in [-0.25, -0.2) is 0 Å². The summed E-state index contributed by atoms with van der Waals surface area (Å²) in [5, 5.41) is 0. The van der Waals surface area contributed by atoms with Crippen molar-refractivity contribution in [2.24, 2.45) is 11.3 Å². The van der Waals surface area contributed by atoms with Crippen molar-refractivity contribution in [2.45, 2.75) is 66.9 Å². The second-order valence-corrected chi connectivity index (χ2v) is 7.00. The van der Waals surface area contributed by atoms with Gasteiger partial charge < -0.3 is 4.74 Å². The minimum Gasteiger partial charge on any atom is -0.458 e. The first-order valence-electron chi connectivity index (χ1n) is 7.75. The summed E-state index contributed by atoms with van der Waals surface area (Å²) < 4.78 is 5.35. The number of ether oxygens (including phenoxy) is 1. The Morgan fingerprint density at radius 3 is 2.52 bits per heavy atom. The highest BCUT2D eigenvalue weighted by molar-refractivity contribution is 5.97. The lowest BCUT2D eigenvalue weighted by molar-refractivity contribution is -0.147. The molecule has 0 bridgehead atoms. The number of rotatable bonds is 5. The zero-order valence-corrected chi connectivity index (χ0v) is 14.2. The molecular formula is C18H28O3. The standard InChI is InChI=1S/C18H28O3/c1-12(2)11-17(20)21-13(3)7-8-15-14(4)16(19)9-10-18(15,5)6/h7-8,12-13H,9-11H2,1-6H3/b8-7+. The third-order valence-electron chi connectivity index (χ3n) is 3.95. The van der Waals surface area contributed by atoms with Gasteiger partial charge in [0, 0.05) is 12.8 Å². The molecule has 118 valence electrons. The van der Waals surface area contributed by atoms with E-state index in [-0.39, 0.29) is 23.3 Å². The van der Waals surface area contributed by atoms with Gasteiger partial charge in [0.05, 0.1) is 0 Å². The summed E-state index contributed by atoms with van der Waals surface area (Å²) in [6, 6.07) is 0. The van der Waals surface area contributed by atoms with E-state index < -0.39 is 0 Å². The Bertz CT molecular complexity index is 467. The fourth-order valence-electron chi connectivity index (χ4n) is 2.62. The maximum Gasteiger partial charge on any atom is 0.306 e. The van der Waals surface area contributed by atoms with Crippen molar-refractivity contribution in [3.05, 3.63) is 23.3 Å². The molecule has 1 aliphatic carbocycles. The molecule has 3 nitrogen and oxygen atoms in total. The Morgan fingerprint density at radius 2 is 1.95 bits per heavy atom. The second-order valence-electron chi connectivity index (χ2n) is 7.00. The van der Waals surface area contributed by atoms with Crippen LogP contribution in [0.4, 0.5) is 0 Å². The van der Waals surface area contributed by atoms with Gasteiger partial charge in [-0.2, -0.15) is 0 Å². The minimum atomic E-state index is -0.274. The lowest BCUT2D eigenvalue weighted by atomic mass is 9.72. The maximum atomic E-state index is 11.9. The molecule has 3 heteroatoms. The molecule has 0 amide bonds. The van der Waals surface area contributed by atoms with Gasteiger partial charge >= 0.3 is 5.97 Å². The lowest BCUT2D eigenvalue weighted by Crippen LogP contribution is -2.24. The van der Waals surface area contributed by atoms with Crippen molar-refractivity contribution in [2.75, 3.05) is 0 Å². The number of ketones is 1. The Balaban J connectivity index is 2.76. The Kier molecular flexibility index (Phi) is 5.94. The third kappa shape index (κ3) is 5.14. The van der Waals surface area contributed by atoms with Crippen molar-refractivity contribution in [1.29, 1.82) is 0 Å². The van der Waals surface area contributed by atoms with Crippen molar-refractivity contribution < 1.29 is 14.3 Å². The van der Waals surface area contributed by atoms with E-state index in [9.17, 15) is 9.59 Å². The second kappa shape index (κ2) is 7.06. The highest BCUT2D eigenvalue weighted by Gasteiger charge is 2.30. The molecule has 0 N–H and O–H groups in total. The molecule has 0 aromatic heterocycles. The normalized spacial score (nSPS) is 20.2. The summed E-state index contributed by atoms with van der Waals surface area (Å²) in [4.78, 5) is 23.5. The molecule has 0 aliphatic heterocycles. The molecule has 0 fully saturated rings. The monoisotopic (exact) mass is 292 g/mol. The Labute approximate surface area is 128 Å². The molecule has 0 saturated heterocycles. The van der Waals surface area contributed by atoms with Crippen LogP contribution in [0, 0.1) is 11.3 Å². The lowest BCUT2D eigenvalue weighted by Gasteiger charge is -2.32. The van der Waals surface area contributed by atoms with Gasteiger partial charge in [0.25, 0.3) is 0 Å². The van der Waals surface area contributed by atoms with Crippen molar-refractivity contribution >= 4 is 11.8 Å². The van der Waals surface area contributed by atoms with Crippen LogP contribution in [0.15, 0.2) is 23.3 Å². The van der Waals surface area contributed by atoms with E-state index in [1.807, 2.05) is 39.8 Å². The van der Waals surface area contributed by atoms with Crippen LogP contribution in [0.5, 0.6) is 0 Å². The summed E-state index contributed by atoms with van der Waals surface area (Å²) >= 11 is 0. The first-order chi connectivity index (χ1) is 9.63. The van der Waals surface area contributed by atoms with Crippen molar-refractivity contribution in [3.63, 3.8) is 0 Å². The highest BCUT2D eigenvalue weighted by atomic mass is 16.5. The number of hydrogen-bond donors (Lipinski definition) is 0. The van der Waals surface area contributed by atoms with Crippen LogP contribution in [0.25, 0.3) is 0 Å². The average molecular weight is 292 g/mol. The van der Waals surface area contributed by atoms with Gasteiger partial charge in [-0.3, -0.25) is 9.59 Å². The summed E-state index contributed by atoms with van der Waals surface area (Å²) in [5.41, 5.74) is 1.89. The van der Waals surface area contributed by atoms with E-state index in [1.165, 1.54) is 0 Å². The van der Waals surface area contributed by atoms with Gasteiger partial charge in [-0.1, -0.05) is 33.8 Å². The zero-order chi connectivity index (χ0) is 16.2. The van der Waals surface area contributed by atoms with Gasteiger partial charge in [0.1, 0.15) is 6.10 Å². The predicted octanol–water partition coefficient (Wildman–Crippen LogP) is 4.23. The van der Waals surface area contributed by atoms with Crippen LogP contribution in [-0.2, 0) is 14.3 Å².